The predicted molar refractivity (Wildman–Crippen MR) is 102 cm³/mol. The van der Waals surface area contributed by atoms with E-state index in [0.717, 1.165) is 30.6 Å². The molecule has 0 spiro atoms. The van der Waals surface area contributed by atoms with E-state index in [1.165, 1.54) is 44.9 Å². The van der Waals surface area contributed by atoms with Crippen molar-refractivity contribution in [2.24, 2.45) is 17.8 Å². The maximum absolute atomic E-state index is 12.4. The number of hydrogen-bond acceptors (Lipinski definition) is 4. The molecule has 25 heavy (non-hydrogen) atoms. The number of benzene rings is 1. The molecule has 0 heterocycles. The van der Waals surface area contributed by atoms with Gasteiger partial charge in [0.25, 0.3) is 0 Å². The van der Waals surface area contributed by atoms with Gasteiger partial charge in [-0.25, -0.2) is 4.79 Å². The highest BCUT2D eigenvalue weighted by Crippen LogP contribution is 2.41. The van der Waals surface area contributed by atoms with Crippen LogP contribution in [-0.2, 0) is 4.74 Å². The molecule has 3 rings (SSSR count). The van der Waals surface area contributed by atoms with Crippen LogP contribution >= 0.6 is 0 Å². The molecule has 1 aromatic carbocycles. The third-order valence-corrected chi connectivity index (χ3v) is 6.42. The summed E-state index contributed by atoms with van der Waals surface area (Å²) in [5, 5.41) is 0. The van der Waals surface area contributed by atoms with Crippen LogP contribution in [0.1, 0.15) is 75.1 Å². The maximum atomic E-state index is 12.4. The normalized spacial score (nSPS) is 30.0. The van der Waals surface area contributed by atoms with Gasteiger partial charge in [0, 0.05) is 11.4 Å². The van der Waals surface area contributed by atoms with Gasteiger partial charge in [0.1, 0.15) is 6.10 Å². The van der Waals surface area contributed by atoms with Crippen LogP contribution in [0.25, 0.3) is 0 Å². The first-order chi connectivity index (χ1) is 12.1. The minimum absolute atomic E-state index is 0.0349. The highest BCUT2D eigenvalue weighted by molar-refractivity contribution is 5.95. The number of ether oxygens (including phenoxy) is 1. The van der Waals surface area contributed by atoms with Crippen LogP contribution in [0.3, 0.4) is 0 Å². The third-order valence-electron chi connectivity index (χ3n) is 6.42. The molecule has 0 bridgehead atoms. The van der Waals surface area contributed by atoms with Crippen molar-refractivity contribution < 1.29 is 9.53 Å². The summed E-state index contributed by atoms with van der Waals surface area (Å²) in [5.41, 5.74) is 13.0. The van der Waals surface area contributed by atoms with E-state index in [2.05, 4.69) is 6.92 Å². The van der Waals surface area contributed by atoms with Gasteiger partial charge >= 0.3 is 5.97 Å². The number of carbonyl (C=O) groups is 1. The molecule has 0 radical (unpaired) electrons. The van der Waals surface area contributed by atoms with E-state index in [1.54, 1.807) is 18.2 Å². The van der Waals surface area contributed by atoms with Crippen LogP contribution in [0.2, 0.25) is 0 Å². The standard InChI is InChI=1S/C21H32N2O2/c1-2-14-3-5-15(6-4-14)16-7-10-18(11-8-16)25-21(24)19-12-9-17(22)13-20(19)23/h9,12-16,18H,2-8,10-11,22-23H2,1H3. The van der Waals surface area contributed by atoms with Crippen LogP contribution in [0.15, 0.2) is 18.2 Å². The molecule has 0 atom stereocenters. The zero-order valence-electron chi connectivity index (χ0n) is 15.4. The van der Waals surface area contributed by atoms with Crippen molar-refractivity contribution in [2.45, 2.75) is 70.8 Å². The van der Waals surface area contributed by atoms with Crippen LogP contribution in [-0.4, -0.2) is 12.1 Å². The van der Waals surface area contributed by atoms with Crippen molar-refractivity contribution in [3.8, 4) is 0 Å². The number of nitrogens with two attached hydrogens (primary N) is 2. The molecule has 0 unspecified atom stereocenters. The Hall–Kier alpha value is -1.71. The Morgan fingerprint density at radius 2 is 1.60 bits per heavy atom. The molecule has 4 heteroatoms. The van der Waals surface area contributed by atoms with Gasteiger partial charge in [0.05, 0.1) is 5.56 Å². The van der Waals surface area contributed by atoms with Gasteiger partial charge in [-0.05, 0) is 74.5 Å². The van der Waals surface area contributed by atoms with Gasteiger partial charge in [-0.1, -0.05) is 26.2 Å². The fraction of sp³-hybridized carbons (Fsp3) is 0.667. The summed E-state index contributed by atoms with van der Waals surface area (Å²) in [7, 11) is 0. The molecule has 1 aromatic rings. The second kappa shape index (κ2) is 8.11. The molecule has 2 aliphatic carbocycles. The van der Waals surface area contributed by atoms with Crippen molar-refractivity contribution in [1.29, 1.82) is 0 Å². The number of rotatable bonds is 4. The van der Waals surface area contributed by atoms with E-state index in [-0.39, 0.29) is 12.1 Å². The first-order valence-corrected chi connectivity index (χ1v) is 9.92. The second-order valence-electron chi connectivity index (χ2n) is 7.98. The van der Waals surface area contributed by atoms with Crippen LogP contribution < -0.4 is 11.5 Å². The lowest BCUT2D eigenvalue weighted by Crippen LogP contribution is -2.29. The van der Waals surface area contributed by atoms with Crippen molar-refractivity contribution in [2.75, 3.05) is 11.5 Å². The second-order valence-corrected chi connectivity index (χ2v) is 7.98. The predicted octanol–water partition coefficient (Wildman–Crippen LogP) is 4.78. The number of hydrogen-bond donors (Lipinski definition) is 2. The van der Waals surface area contributed by atoms with Crippen molar-refractivity contribution >= 4 is 17.3 Å². The van der Waals surface area contributed by atoms with Gasteiger partial charge in [-0.15, -0.1) is 0 Å². The monoisotopic (exact) mass is 344 g/mol. The molecule has 4 nitrogen and oxygen atoms in total. The molecule has 2 fully saturated rings. The first kappa shape index (κ1) is 18.1. The Morgan fingerprint density at radius 1 is 1.00 bits per heavy atom. The fourth-order valence-corrected chi connectivity index (χ4v) is 4.73. The van der Waals surface area contributed by atoms with Crippen molar-refractivity contribution in [3.63, 3.8) is 0 Å². The molecule has 4 N–H and O–H groups in total. The third kappa shape index (κ3) is 4.47. The summed E-state index contributed by atoms with van der Waals surface area (Å²) in [6, 6.07) is 4.96. The Labute approximate surface area is 151 Å². The molecule has 138 valence electrons. The summed E-state index contributed by atoms with van der Waals surface area (Å²) in [6.07, 6.45) is 11.3. The van der Waals surface area contributed by atoms with Gasteiger partial charge in [-0.2, -0.15) is 0 Å². The Balaban J connectivity index is 1.47. The lowest BCUT2D eigenvalue weighted by atomic mass is 9.70. The lowest BCUT2D eigenvalue weighted by Gasteiger charge is -2.37. The van der Waals surface area contributed by atoms with E-state index in [4.69, 9.17) is 16.2 Å². The summed E-state index contributed by atoms with van der Waals surface area (Å²) in [6.45, 7) is 2.32. The lowest BCUT2D eigenvalue weighted by molar-refractivity contribution is 0.0111. The smallest absolute Gasteiger partial charge is 0.340 e. The van der Waals surface area contributed by atoms with Crippen LogP contribution in [0.4, 0.5) is 11.4 Å². The summed E-state index contributed by atoms with van der Waals surface area (Å²) >= 11 is 0. The van der Waals surface area contributed by atoms with Crippen molar-refractivity contribution in [3.05, 3.63) is 23.8 Å². The average molecular weight is 344 g/mol. The molecule has 0 aromatic heterocycles. The van der Waals surface area contributed by atoms with E-state index in [9.17, 15) is 4.79 Å². The first-order valence-electron chi connectivity index (χ1n) is 9.92. The van der Waals surface area contributed by atoms with E-state index in [1.807, 2.05) is 0 Å². The number of nitrogen functional groups attached to an aromatic ring is 2. The summed E-state index contributed by atoms with van der Waals surface area (Å²) in [5.74, 6) is 2.37. The minimum atomic E-state index is -0.315. The SMILES string of the molecule is CCC1CCC(C2CCC(OC(=O)c3ccc(N)cc3N)CC2)CC1. The van der Waals surface area contributed by atoms with E-state index < -0.39 is 0 Å². The molecule has 2 aliphatic rings. The molecular weight excluding hydrogens is 312 g/mol. The summed E-state index contributed by atoms with van der Waals surface area (Å²) < 4.78 is 5.71. The average Bonchev–Trinajstić information content (AvgIpc) is 2.62. The highest BCUT2D eigenvalue weighted by Gasteiger charge is 2.31. The van der Waals surface area contributed by atoms with E-state index >= 15 is 0 Å². The van der Waals surface area contributed by atoms with Crippen molar-refractivity contribution in [1.82, 2.24) is 0 Å². The fourth-order valence-electron chi connectivity index (χ4n) is 4.73. The molecule has 0 aliphatic heterocycles. The van der Waals surface area contributed by atoms with Crippen LogP contribution in [0, 0.1) is 17.8 Å². The van der Waals surface area contributed by atoms with E-state index in [0.29, 0.717) is 16.9 Å². The highest BCUT2D eigenvalue weighted by atomic mass is 16.5. The molecular formula is C21H32N2O2. The number of anilines is 2. The van der Waals surface area contributed by atoms with Gasteiger partial charge < -0.3 is 16.2 Å². The van der Waals surface area contributed by atoms with Gasteiger partial charge in [0.15, 0.2) is 0 Å². The Kier molecular flexibility index (Phi) is 5.87. The number of carbonyl (C=O) groups excluding carboxylic acids is 1. The molecule has 0 saturated heterocycles. The zero-order chi connectivity index (χ0) is 17.8. The largest absolute Gasteiger partial charge is 0.459 e. The topological polar surface area (TPSA) is 78.3 Å². The quantitative estimate of drug-likeness (QED) is 0.608. The Morgan fingerprint density at radius 3 is 2.16 bits per heavy atom. The zero-order valence-corrected chi connectivity index (χ0v) is 15.4. The van der Waals surface area contributed by atoms with Gasteiger partial charge in [0.2, 0.25) is 0 Å². The summed E-state index contributed by atoms with van der Waals surface area (Å²) in [4.78, 5) is 12.4. The Bertz CT molecular complexity index is 586. The molecule has 0 amide bonds. The molecule has 2 saturated carbocycles. The van der Waals surface area contributed by atoms with Crippen LogP contribution in [0.5, 0.6) is 0 Å². The number of esters is 1. The maximum Gasteiger partial charge on any atom is 0.340 e. The minimum Gasteiger partial charge on any atom is -0.459 e. The van der Waals surface area contributed by atoms with Gasteiger partial charge in [-0.3, -0.25) is 0 Å².